The van der Waals surface area contributed by atoms with Gasteiger partial charge in [0.1, 0.15) is 5.82 Å². The Bertz CT molecular complexity index is 3150. The monoisotopic (exact) mass is 900 g/mol. The van der Waals surface area contributed by atoms with E-state index in [1.54, 1.807) is 24.4 Å². The van der Waals surface area contributed by atoms with Crippen molar-refractivity contribution in [3.05, 3.63) is 189 Å². The molecule has 2 bridgehead atoms. The largest absolute Gasteiger partial charge is 0.519 e. The number of aromatic nitrogens is 2. The van der Waals surface area contributed by atoms with E-state index in [0.717, 1.165) is 34.0 Å². The Hall–Kier alpha value is -5.90. The van der Waals surface area contributed by atoms with Crippen molar-refractivity contribution in [1.82, 2.24) is 9.55 Å². The van der Waals surface area contributed by atoms with Gasteiger partial charge >= 0.3 is 0 Å². The molecule has 0 radical (unpaired) electrons. The Morgan fingerprint density at radius 3 is 2.05 bits per heavy atom. The molecule has 3 aliphatic rings. The zero-order valence-electron chi connectivity index (χ0n) is 39.0. The van der Waals surface area contributed by atoms with Gasteiger partial charge in [-0.1, -0.05) is 121 Å². The van der Waals surface area contributed by atoms with Crippen LogP contribution in [0.2, 0.25) is 0 Å². The summed E-state index contributed by atoms with van der Waals surface area (Å²) in [5.74, 6) is 1.81. The van der Waals surface area contributed by atoms with E-state index >= 15 is 0 Å². The van der Waals surface area contributed by atoms with Gasteiger partial charge in [0.15, 0.2) is 0 Å². The Morgan fingerprint density at radius 1 is 0.655 bits per heavy atom. The van der Waals surface area contributed by atoms with E-state index in [4.69, 9.17) is 18.4 Å². The minimum atomic E-state index is -0.537. The third-order valence-electron chi connectivity index (χ3n) is 10.8. The molecule has 11 rings (SSSR count). The average molecular weight is 901 g/mol. The molecule has 270 valence electrons. The Morgan fingerprint density at radius 2 is 1.33 bits per heavy atom. The van der Waals surface area contributed by atoms with Crippen molar-refractivity contribution in [3.63, 3.8) is 0 Å². The topological polar surface area (TPSA) is 33.5 Å². The maximum atomic E-state index is 9.04. The summed E-state index contributed by atoms with van der Waals surface area (Å²) >= 11 is 0. The van der Waals surface area contributed by atoms with Gasteiger partial charge < -0.3 is 19.1 Å². The molecule has 1 saturated heterocycles. The first kappa shape index (κ1) is 24.5. The maximum Gasteiger partial charge on any atom is 0.135 e. The first-order chi connectivity index (χ1) is 30.9. The summed E-state index contributed by atoms with van der Waals surface area (Å²) < 4.78 is 95.7. The van der Waals surface area contributed by atoms with E-state index in [1.807, 2.05) is 72.2 Å². The van der Waals surface area contributed by atoms with Crippen LogP contribution in [-0.2, 0) is 21.1 Å². The molecule has 6 heteroatoms. The van der Waals surface area contributed by atoms with Crippen LogP contribution in [0.5, 0.6) is 11.5 Å². The summed E-state index contributed by atoms with van der Waals surface area (Å²) in [7, 11) is 0. The van der Waals surface area contributed by atoms with Crippen LogP contribution >= 0.6 is 0 Å². The predicted molar refractivity (Wildman–Crippen MR) is 218 cm³/mol. The van der Waals surface area contributed by atoms with Crippen molar-refractivity contribution in [2.24, 2.45) is 11.8 Å². The van der Waals surface area contributed by atoms with E-state index in [2.05, 4.69) is 50.9 Å². The molecule has 1 aliphatic heterocycles. The van der Waals surface area contributed by atoms with Crippen molar-refractivity contribution < 1.29 is 39.5 Å². The summed E-state index contributed by atoms with van der Waals surface area (Å²) in [6.45, 7) is 1.91. The van der Waals surface area contributed by atoms with E-state index in [9.17, 15) is 0 Å². The van der Waals surface area contributed by atoms with Crippen LogP contribution in [0.15, 0.2) is 170 Å². The molecule has 2 fully saturated rings. The summed E-state index contributed by atoms with van der Waals surface area (Å²) in [6.07, 6.45) is 6.97. The maximum absolute atomic E-state index is 9.04. The van der Waals surface area contributed by atoms with Crippen molar-refractivity contribution >= 4 is 33.2 Å². The fraction of sp³-hybridized carbons (Fsp3) is 0.102. The Balaban J connectivity index is 0.00000498. The van der Waals surface area contributed by atoms with Gasteiger partial charge in [0.05, 0.1) is 13.7 Å². The number of pyridine rings is 1. The van der Waals surface area contributed by atoms with Gasteiger partial charge in [0.25, 0.3) is 0 Å². The van der Waals surface area contributed by atoms with Crippen LogP contribution < -0.4 is 14.5 Å². The minimum Gasteiger partial charge on any atom is -0.519 e. The van der Waals surface area contributed by atoms with E-state index in [-0.39, 0.29) is 67.2 Å². The summed E-state index contributed by atoms with van der Waals surface area (Å²) in [6, 6.07) is 30.2. The van der Waals surface area contributed by atoms with E-state index in [1.165, 1.54) is 0 Å². The molecule has 2 aliphatic carbocycles. The Kier molecular flexibility index (Phi) is 6.12. The fourth-order valence-electron chi connectivity index (χ4n) is 8.65. The average Bonchev–Trinajstić information content (AvgIpc) is 4.11. The Labute approximate surface area is 349 Å². The second kappa shape index (κ2) is 13.7. The van der Waals surface area contributed by atoms with Crippen LogP contribution in [0.25, 0.3) is 49.9 Å². The molecule has 0 amide bonds. The number of para-hydroxylation sites is 2. The molecule has 2 aromatic heterocycles. The zero-order chi connectivity index (χ0) is 44.3. The SMILES string of the molecule is [2H]c1c([2H])c([2H])c(-c2cccc(-c3c([2H])c([2H])c([2H])c([2H])c3[2H])c2N2[CH-]N(c3[c-]c(Oc4[c-]c5c(cc4)c4ccccc4n5-c4ccccn4)ccc3)[C@@H]3C2C2C=C[C@@H]3C2)c([2H])c1[2H].[Pt]. The number of anilines is 2. The molecule has 55 heavy (non-hydrogen) atoms. The third-order valence-corrected chi connectivity index (χ3v) is 10.8. The van der Waals surface area contributed by atoms with Gasteiger partial charge in [0, 0.05) is 73.2 Å². The van der Waals surface area contributed by atoms with Crippen LogP contribution in [0, 0.1) is 30.6 Å². The molecule has 2 unspecified atom stereocenters. The minimum absolute atomic E-state index is 0. The molecular formula is C49H35N4OPt-3. The van der Waals surface area contributed by atoms with Gasteiger partial charge in [-0.3, -0.25) is 0 Å². The molecule has 8 aromatic rings. The predicted octanol–water partition coefficient (Wildman–Crippen LogP) is 11.3. The standard InChI is InChI=1S/C49H35N4O.Pt/c1-3-13-33(14-4-1)40-20-12-21-41(34-15-5-2-6-16-34)49(40)52-32-51(47-35-24-25-36(29-35)48(47)52)37-17-11-18-38(30-37)54-39-26-27-43-42-19-7-8-22-44(42)53(45(43)31-39)46-23-9-10-28-50-46;/h1-28,32,35-36,47-48H,29H2;/q-3;/t35-,36?,47+,48?;/m1./s1/i1D,2D,3D,4D,5D,6D,13D,14D,15D,16D;. The van der Waals surface area contributed by atoms with Crippen molar-refractivity contribution in [1.29, 1.82) is 0 Å². The number of benzene rings is 6. The first-order valence-corrected chi connectivity index (χ1v) is 17.9. The normalized spacial score (nSPS) is 22.1. The smallest absolute Gasteiger partial charge is 0.135 e. The number of hydrogen-bond donors (Lipinski definition) is 0. The quantitative estimate of drug-likeness (QED) is 0.118. The number of nitrogens with zero attached hydrogens (tertiary/aromatic N) is 4. The summed E-state index contributed by atoms with van der Waals surface area (Å²) in [5.41, 5.74) is 3.25. The molecule has 1 saturated carbocycles. The van der Waals surface area contributed by atoms with Gasteiger partial charge in [0.2, 0.25) is 0 Å². The van der Waals surface area contributed by atoms with Gasteiger partial charge in [-0.2, -0.15) is 24.9 Å². The molecule has 0 N–H and O–H groups in total. The molecule has 6 aromatic carbocycles. The van der Waals surface area contributed by atoms with E-state index in [0.29, 0.717) is 22.9 Å². The first-order valence-electron chi connectivity index (χ1n) is 22.9. The van der Waals surface area contributed by atoms with Crippen LogP contribution in [0.3, 0.4) is 0 Å². The summed E-state index contributed by atoms with van der Waals surface area (Å²) in [5, 5.41) is 2.06. The second-order valence-corrected chi connectivity index (χ2v) is 13.7. The molecule has 4 atom stereocenters. The number of rotatable bonds is 7. The summed E-state index contributed by atoms with van der Waals surface area (Å²) in [4.78, 5) is 8.76. The van der Waals surface area contributed by atoms with Crippen LogP contribution in [0.4, 0.5) is 11.4 Å². The fourth-order valence-corrected chi connectivity index (χ4v) is 8.65. The van der Waals surface area contributed by atoms with Crippen molar-refractivity contribution in [3.8, 4) is 39.6 Å². The van der Waals surface area contributed by atoms with Crippen LogP contribution in [-0.4, -0.2) is 21.6 Å². The van der Waals surface area contributed by atoms with Crippen molar-refractivity contribution in [2.45, 2.75) is 18.5 Å². The number of hydrogen-bond acceptors (Lipinski definition) is 4. The zero-order valence-corrected chi connectivity index (χ0v) is 31.3. The number of fused-ring (bicyclic) bond motifs is 8. The van der Waals surface area contributed by atoms with Crippen molar-refractivity contribution in [2.75, 3.05) is 9.80 Å². The van der Waals surface area contributed by atoms with Gasteiger partial charge in [-0.05, 0) is 53.0 Å². The molecule has 3 heterocycles. The number of ether oxygens (including phenoxy) is 1. The van der Waals surface area contributed by atoms with Crippen LogP contribution in [0.1, 0.15) is 20.1 Å². The molecule has 0 spiro atoms. The van der Waals surface area contributed by atoms with Gasteiger partial charge in [-0.25, -0.2) is 4.98 Å². The molecule has 5 nitrogen and oxygen atoms in total. The third kappa shape index (κ3) is 5.60. The second-order valence-electron chi connectivity index (χ2n) is 13.7. The van der Waals surface area contributed by atoms with Gasteiger partial charge in [-0.15, -0.1) is 35.3 Å². The van der Waals surface area contributed by atoms with E-state index < -0.39 is 60.4 Å². The molecular weight excluding hydrogens is 856 g/mol.